The topological polar surface area (TPSA) is 66.0 Å². The summed E-state index contributed by atoms with van der Waals surface area (Å²) in [6, 6.07) is 0.0644. The molecule has 1 aromatic rings. The molecule has 1 fully saturated rings. The van der Waals surface area contributed by atoms with Crippen LogP contribution in [0.5, 0.6) is 0 Å². The van der Waals surface area contributed by atoms with Gasteiger partial charge in [-0.1, -0.05) is 0 Å². The fraction of sp³-hybridized carbons (Fsp3) is 0.750. The quantitative estimate of drug-likeness (QED) is 0.684. The molecule has 1 aliphatic heterocycles. The molecule has 0 radical (unpaired) electrons. The smallest absolute Gasteiger partial charge is 0.138 e. The average Bonchev–Trinajstić information content (AvgIpc) is 2.71. The van der Waals surface area contributed by atoms with Gasteiger partial charge in [-0.05, 0) is 6.92 Å². The second-order valence-corrected chi connectivity index (χ2v) is 3.24. The van der Waals surface area contributed by atoms with Crippen LogP contribution >= 0.6 is 0 Å². The first-order chi connectivity index (χ1) is 6.33. The van der Waals surface area contributed by atoms with E-state index in [4.69, 9.17) is 10.5 Å². The fourth-order valence-corrected chi connectivity index (χ4v) is 1.64. The molecule has 1 aliphatic rings. The number of hydrogen-bond donors (Lipinski definition) is 1. The van der Waals surface area contributed by atoms with Crippen LogP contribution in [-0.4, -0.2) is 34.0 Å². The van der Waals surface area contributed by atoms with Gasteiger partial charge in [0.25, 0.3) is 0 Å². The standard InChI is InChI=1S/C8H14N4O/c1-2-12-8(10-5-11-12)6-3-13-4-7(6)9/h5-7H,2-4,9H2,1H3. The molecule has 2 atom stereocenters. The van der Waals surface area contributed by atoms with Crippen LogP contribution in [0.15, 0.2) is 6.33 Å². The Hall–Kier alpha value is -0.940. The summed E-state index contributed by atoms with van der Waals surface area (Å²) in [6.07, 6.45) is 1.57. The fourth-order valence-electron chi connectivity index (χ4n) is 1.64. The summed E-state index contributed by atoms with van der Waals surface area (Å²) in [6.45, 7) is 4.17. The Morgan fingerprint density at radius 3 is 3.15 bits per heavy atom. The third kappa shape index (κ3) is 1.45. The Morgan fingerprint density at radius 1 is 1.69 bits per heavy atom. The van der Waals surface area contributed by atoms with Crippen LogP contribution in [0.2, 0.25) is 0 Å². The zero-order valence-corrected chi connectivity index (χ0v) is 7.68. The molecule has 0 aromatic carbocycles. The minimum Gasteiger partial charge on any atom is -0.379 e. The van der Waals surface area contributed by atoms with Crippen molar-refractivity contribution >= 4 is 0 Å². The number of hydrogen-bond acceptors (Lipinski definition) is 4. The first-order valence-corrected chi connectivity index (χ1v) is 4.54. The zero-order chi connectivity index (χ0) is 9.26. The number of nitrogens with zero attached hydrogens (tertiary/aromatic N) is 3. The Balaban J connectivity index is 2.23. The number of rotatable bonds is 2. The average molecular weight is 182 g/mol. The SMILES string of the molecule is CCn1ncnc1C1COCC1N. The molecule has 1 aromatic heterocycles. The van der Waals surface area contributed by atoms with Crippen LogP contribution in [-0.2, 0) is 11.3 Å². The van der Waals surface area contributed by atoms with Gasteiger partial charge < -0.3 is 10.5 Å². The van der Waals surface area contributed by atoms with Gasteiger partial charge in [-0.15, -0.1) is 0 Å². The Bertz CT molecular complexity index is 285. The lowest BCUT2D eigenvalue weighted by molar-refractivity contribution is 0.190. The van der Waals surface area contributed by atoms with E-state index in [1.807, 2.05) is 11.6 Å². The first kappa shape index (κ1) is 8.65. The molecule has 2 N–H and O–H groups in total. The van der Waals surface area contributed by atoms with Crippen molar-refractivity contribution in [2.75, 3.05) is 13.2 Å². The van der Waals surface area contributed by atoms with E-state index >= 15 is 0 Å². The Kier molecular flexibility index (Phi) is 2.28. The van der Waals surface area contributed by atoms with Gasteiger partial charge in [-0.25, -0.2) is 9.67 Å². The van der Waals surface area contributed by atoms with Crippen molar-refractivity contribution in [1.29, 1.82) is 0 Å². The Morgan fingerprint density at radius 2 is 2.54 bits per heavy atom. The molecule has 72 valence electrons. The zero-order valence-electron chi connectivity index (χ0n) is 7.68. The van der Waals surface area contributed by atoms with Crippen molar-refractivity contribution in [3.63, 3.8) is 0 Å². The van der Waals surface area contributed by atoms with E-state index in [1.54, 1.807) is 6.33 Å². The molecule has 5 heteroatoms. The minimum absolute atomic E-state index is 0.0644. The van der Waals surface area contributed by atoms with Gasteiger partial charge in [-0.3, -0.25) is 0 Å². The van der Waals surface area contributed by atoms with Crippen molar-refractivity contribution in [3.05, 3.63) is 12.2 Å². The van der Waals surface area contributed by atoms with E-state index < -0.39 is 0 Å². The third-order valence-electron chi connectivity index (χ3n) is 2.40. The van der Waals surface area contributed by atoms with Crippen molar-refractivity contribution in [2.45, 2.75) is 25.4 Å². The van der Waals surface area contributed by atoms with E-state index in [1.165, 1.54) is 0 Å². The molecule has 0 saturated carbocycles. The van der Waals surface area contributed by atoms with Gasteiger partial charge in [0.2, 0.25) is 0 Å². The van der Waals surface area contributed by atoms with Gasteiger partial charge in [0.05, 0.1) is 19.1 Å². The lowest BCUT2D eigenvalue weighted by Crippen LogP contribution is -2.29. The molecule has 2 unspecified atom stereocenters. The van der Waals surface area contributed by atoms with E-state index in [9.17, 15) is 0 Å². The minimum atomic E-state index is 0.0644. The Labute approximate surface area is 76.9 Å². The molecule has 0 bridgehead atoms. The first-order valence-electron chi connectivity index (χ1n) is 4.54. The monoisotopic (exact) mass is 182 g/mol. The highest BCUT2D eigenvalue weighted by molar-refractivity contribution is 5.03. The summed E-state index contributed by atoms with van der Waals surface area (Å²) in [5, 5.41) is 4.11. The number of aryl methyl sites for hydroxylation is 1. The summed E-state index contributed by atoms with van der Waals surface area (Å²) in [5.41, 5.74) is 5.89. The lowest BCUT2D eigenvalue weighted by Gasteiger charge is -2.12. The van der Waals surface area contributed by atoms with E-state index in [2.05, 4.69) is 10.1 Å². The van der Waals surface area contributed by atoms with Gasteiger partial charge in [0.1, 0.15) is 12.2 Å². The highest BCUT2D eigenvalue weighted by Crippen LogP contribution is 2.22. The molecule has 5 nitrogen and oxygen atoms in total. The summed E-state index contributed by atoms with van der Waals surface area (Å²) in [5.74, 6) is 1.16. The van der Waals surface area contributed by atoms with Crippen LogP contribution in [0.4, 0.5) is 0 Å². The van der Waals surface area contributed by atoms with Crippen LogP contribution in [0.3, 0.4) is 0 Å². The molecular formula is C8H14N4O. The molecule has 1 saturated heterocycles. The van der Waals surface area contributed by atoms with Crippen molar-refractivity contribution in [2.24, 2.45) is 5.73 Å². The largest absolute Gasteiger partial charge is 0.379 e. The maximum absolute atomic E-state index is 5.89. The summed E-state index contributed by atoms with van der Waals surface area (Å²) in [7, 11) is 0. The van der Waals surface area contributed by atoms with Crippen LogP contribution in [0.25, 0.3) is 0 Å². The van der Waals surface area contributed by atoms with Crippen molar-refractivity contribution < 1.29 is 4.74 Å². The predicted octanol–water partition coefficient (Wildman–Crippen LogP) is -0.261. The molecule has 0 amide bonds. The maximum Gasteiger partial charge on any atom is 0.138 e. The second kappa shape index (κ2) is 3.43. The summed E-state index contributed by atoms with van der Waals surface area (Å²) in [4.78, 5) is 4.21. The number of aromatic nitrogens is 3. The third-order valence-corrected chi connectivity index (χ3v) is 2.40. The summed E-state index contributed by atoms with van der Waals surface area (Å²) >= 11 is 0. The predicted molar refractivity (Wildman–Crippen MR) is 47.2 cm³/mol. The van der Waals surface area contributed by atoms with Crippen LogP contribution in [0, 0.1) is 0 Å². The van der Waals surface area contributed by atoms with E-state index in [-0.39, 0.29) is 12.0 Å². The normalized spacial score (nSPS) is 28.2. The molecular weight excluding hydrogens is 168 g/mol. The van der Waals surface area contributed by atoms with Crippen molar-refractivity contribution in [1.82, 2.24) is 14.8 Å². The highest BCUT2D eigenvalue weighted by atomic mass is 16.5. The van der Waals surface area contributed by atoms with Crippen LogP contribution < -0.4 is 5.73 Å². The maximum atomic E-state index is 5.89. The molecule has 0 aliphatic carbocycles. The highest BCUT2D eigenvalue weighted by Gasteiger charge is 2.29. The van der Waals surface area contributed by atoms with E-state index in [0.717, 1.165) is 12.4 Å². The van der Waals surface area contributed by atoms with Crippen LogP contribution in [0.1, 0.15) is 18.7 Å². The molecule has 2 rings (SSSR count). The number of nitrogens with two attached hydrogens (primary N) is 1. The van der Waals surface area contributed by atoms with Crippen molar-refractivity contribution in [3.8, 4) is 0 Å². The van der Waals surface area contributed by atoms with Gasteiger partial charge in [0.15, 0.2) is 0 Å². The lowest BCUT2D eigenvalue weighted by atomic mass is 10.0. The second-order valence-electron chi connectivity index (χ2n) is 3.24. The van der Waals surface area contributed by atoms with E-state index in [0.29, 0.717) is 13.2 Å². The molecule has 13 heavy (non-hydrogen) atoms. The summed E-state index contributed by atoms with van der Waals surface area (Å²) < 4.78 is 7.16. The number of ether oxygens (including phenoxy) is 1. The molecule has 2 heterocycles. The molecule has 0 spiro atoms. The van der Waals surface area contributed by atoms with Gasteiger partial charge in [0, 0.05) is 12.6 Å². The van der Waals surface area contributed by atoms with Gasteiger partial charge in [-0.2, -0.15) is 5.10 Å². The van der Waals surface area contributed by atoms with Gasteiger partial charge >= 0.3 is 0 Å².